The van der Waals surface area contributed by atoms with Crippen molar-refractivity contribution in [3.63, 3.8) is 0 Å². The number of carboxylic acids is 1. The third kappa shape index (κ3) is 4.86. The van der Waals surface area contributed by atoms with Crippen molar-refractivity contribution in [2.24, 2.45) is 0 Å². The van der Waals surface area contributed by atoms with Gasteiger partial charge in [0.2, 0.25) is 0 Å². The Kier molecular flexibility index (Phi) is 6.91. The Bertz CT molecular complexity index is 1090. The van der Waals surface area contributed by atoms with E-state index < -0.39 is 22.8 Å². The molecule has 1 aliphatic heterocycles. The highest BCUT2D eigenvalue weighted by Crippen LogP contribution is 2.37. The fourth-order valence-electron chi connectivity index (χ4n) is 3.21. The lowest BCUT2D eigenvalue weighted by atomic mass is 10.1. The van der Waals surface area contributed by atoms with Gasteiger partial charge < -0.3 is 9.52 Å². The molecule has 1 aliphatic rings. The second-order valence-corrected chi connectivity index (χ2v) is 8.70. The molecule has 1 N–H and O–H groups in total. The summed E-state index contributed by atoms with van der Waals surface area (Å²) in [6, 6.07) is 6.99. The van der Waals surface area contributed by atoms with E-state index in [1.54, 1.807) is 31.2 Å². The summed E-state index contributed by atoms with van der Waals surface area (Å²) >= 11 is 6.26. The summed E-state index contributed by atoms with van der Waals surface area (Å²) in [5, 5.41) is 20.9. The van der Waals surface area contributed by atoms with Crippen LogP contribution in [0.25, 0.3) is 17.4 Å². The highest BCUT2D eigenvalue weighted by atomic mass is 32.2. The quantitative estimate of drug-likeness (QED) is 0.253. The molecule has 0 spiro atoms. The third-order valence-corrected chi connectivity index (χ3v) is 6.10. The standard InChI is InChI=1S/C21H20N2O6S2/c1-3-4-5-15(20(25)26)22-19(24)18(31-21(22)30)11-13-7-9-17(29-13)14-8-6-12(2)10-16(14)23(27)28/h6-11,15H,3-5H2,1-2H3,(H,25,26)/b18-11+/t15-/m1/s1. The van der Waals surface area contributed by atoms with Gasteiger partial charge in [-0.1, -0.05) is 49.8 Å². The normalized spacial score (nSPS) is 16.2. The van der Waals surface area contributed by atoms with Crippen molar-refractivity contribution < 1.29 is 24.0 Å². The van der Waals surface area contributed by atoms with E-state index in [2.05, 4.69) is 0 Å². The first-order valence-electron chi connectivity index (χ1n) is 9.58. The van der Waals surface area contributed by atoms with Crippen molar-refractivity contribution in [2.75, 3.05) is 0 Å². The molecular weight excluding hydrogens is 440 g/mol. The Morgan fingerprint density at radius 1 is 1.39 bits per heavy atom. The SMILES string of the molecule is CCCC[C@H](C(=O)O)N1C(=O)/C(=C\c2ccc(-c3ccc(C)cc3[N+](=O)[O-])o2)SC1=S. The number of nitro groups is 1. The van der Waals surface area contributed by atoms with Gasteiger partial charge in [-0.05, 0) is 37.1 Å². The van der Waals surface area contributed by atoms with Crippen LogP contribution in [0.3, 0.4) is 0 Å². The van der Waals surface area contributed by atoms with Gasteiger partial charge in [0, 0.05) is 12.1 Å². The molecule has 10 heteroatoms. The maximum Gasteiger partial charge on any atom is 0.326 e. The second-order valence-electron chi connectivity index (χ2n) is 7.03. The van der Waals surface area contributed by atoms with Gasteiger partial charge in [-0.15, -0.1) is 0 Å². The molecule has 0 radical (unpaired) electrons. The molecule has 1 aromatic heterocycles. The van der Waals surface area contributed by atoms with E-state index in [0.717, 1.165) is 28.6 Å². The number of furan rings is 1. The maximum atomic E-state index is 12.8. The van der Waals surface area contributed by atoms with Gasteiger partial charge in [0.05, 0.1) is 15.4 Å². The second kappa shape index (κ2) is 9.44. The number of nitrogens with zero attached hydrogens (tertiary/aromatic N) is 2. The topological polar surface area (TPSA) is 114 Å². The molecule has 1 saturated heterocycles. The number of unbranched alkanes of at least 4 members (excludes halogenated alkanes) is 1. The van der Waals surface area contributed by atoms with Crippen molar-refractivity contribution in [2.45, 2.75) is 39.2 Å². The average Bonchev–Trinajstić information content (AvgIpc) is 3.27. The number of aliphatic carboxylic acids is 1. The van der Waals surface area contributed by atoms with Crippen LogP contribution in [0.1, 0.15) is 37.5 Å². The molecule has 1 fully saturated rings. The summed E-state index contributed by atoms with van der Waals surface area (Å²) in [6.07, 6.45) is 3.24. The number of nitro benzene ring substituents is 1. The fourth-order valence-corrected chi connectivity index (χ4v) is 4.55. The predicted molar refractivity (Wildman–Crippen MR) is 121 cm³/mol. The number of hydrogen-bond acceptors (Lipinski definition) is 7. The van der Waals surface area contributed by atoms with E-state index in [1.165, 1.54) is 12.1 Å². The van der Waals surface area contributed by atoms with Crippen LogP contribution in [0, 0.1) is 17.0 Å². The maximum absolute atomic E-state index is 12.8. The predicted octanol–water partition coefficient (Wildman–Crippen LogP) is 5.01. The van der Waals surface area contributed by atoms with Crippen LogP contribution in [-0.2, 0) is 9.59 Å². The monoisotopic (exact) mass is 460 g/mol. The molecule has 1 aromatic carbocycles. The number of amides is 1. The molecule has 0 aliphatic carbocycles. The molecule has 2 heterocycles. The first-order chi connectivity index (χ1) is 14.7. The molecule has 0 unspecified atom stereocenters. The van der Waals surface area contributed by atoms with Gasteiger partial charge in [-0.25, -0.2) is 4.79 Å². The summed E-state index contributed by atoms with van der Waals surface area (Å²) in [5.74, 6) is -0.985. The zero-order chi connectivity index (χ0) is 22.7. The first-order valence-corrected chi connectivity index (χ1v) is 10.8. The van der Waals surface area contributed by atoms with Gasteiger partial charge in [-0.2, -0.15) is 0 Å². The van der Waals surface area contributed by atoms with Gasteiger partial charge in [0.25, 0.3) is 11.6 Å². The number of rotatable bonds is 8. The van der Waals surface area contributed by atoms with E-state index >= 15 is 0 Å². The van der Waals surface area contributed by atoms with Crippen LogP contribution in [0.15, 0.2) is 39.7 Å². The summed E-state index contributed by atoms with van der Waals surface area (Å²) in [4.78, 5) is 36.8. The molecule has 8 nitrogen and oxygen atoms in total. The van der Waals surface area contributed by atoms with E-state index in [9.17, 15) is 24.8 Å². The lowest BCUT2D eigenvalue weighted by Gasteiger charge is -2.22. The Balaban J connectivity index is 1.88. The van der Waals surface area contributed by atoms with Crippen LogP contribution < -0.4 is 0 Å². The van der Waals surface area contributed by atoms with Crippen LogP contribution in [-0.4, -0.2) is 37.2 Å². The molecule has 0 bridgehead atoms. The van der Waals surface area contributed by atoms with Crippen molar-refractivity contribution in [1.29, 1.82) is 0 Å². The van der Waals surface area contributed by atoms with E-state index in [1.807, 2.05) is 6.92 Å². The minimum absolute atomic E-state index is 0.0764. The molecule has 2 aromatic rings. The van der Waals surface area contributed by atoms with Gasteiger partial charge in [0.1, 0.15) is 21.9 Å². The van der Waals surface area contributed by atoms with Crippen molar-refractivity contribution >= 4 is 51.9 Å². The van der Waals surface area contributed by atoms with Crippen LogP contribution in [0.2, 0.25) is 0 Å². The van der Waals surface area contributed by atoms with Crippen LogP contribution in [0.4, 0.5) is 5.69 Å². The van der Waals surface area contributed by atoms with Gasteiger partial charge >= 0.3 is 5.97 Å². The zero-order valence-electron chi connectivity index (χ0n) is 16.9. The minimum atomic E-state index is -1.10. The summed E-state index contributed by atoms with van der Waals surface area (Å²) < 4.78 is 5.91. The lowest BCUT2D eigenvalue weighted by Crippen LogP contribution is -2.43. The number of carbonyl (C=O) groups is 2. The molecular formula is C21H20N2O6S2. The molecule has 1 atom stereocenters. The third-order valence-electron chi connectivity index (χ3n) is 4.77. The number of carbonyl (C=O) groups excluding carboxylic acids is 1. The minimum Gasteiger partial charge on any atom is -0.480 e. The highest BCUT2D eigenvalue weighted by Gasteiger charge is 2.40. The highest BCUT2D eigenvalue weighted by molar-refractivity contribution is 8.26. The summed E-state index contributed by atoms with van der Waals surface area (Å²) in [7, 11) is 0. The summed E-state index contributed by atoms with van der Waals surface area (Å²) in [5.41, 5.74) is 1.00. The van der Waals surface area contributed by atoms with Gasteiger partial charge in [0.15, 0.2) is 0 Å². The van der Waals surface area contributed by atoms with E-state index in [-0.39, 0.29) is 14.9 Å². The summed E-state index contributed by atoms with van der Waals surface area (Å²) in [6.45, 7) is 3.70. The number of carboxylic acid groups (broad SMARTS) is 1. The van der Waals surface area contributed by atoms with Crippen LogP contribution in [0.5, 0.6) is 0 Å². The molecule has 162 valence electrons. The van der Waals surface area contributed by atoms with E-state index in [4.69, 9.17) is 16.6 Å². The largest absolute Gasteiger partial charge is 0.480 e. The number of benzene rings is 1. The lowest BCUT2D eigenvalue weighted by molar-refractivity contribution is -0.384. The molecule has 3 rings (SSSR count). The van der Waals surface area contributed by atoms with Crippen molar-refractivity contribution in [3.8, 4) is 11.3 Å². The zero-order valence-corrected chi connectivity index (χ0v) is 18.5. The molecule has 1 amide bonds. The van der Waals surface area contributed by atoms with Gasteiger partial charge in [-0.3, -0.25) is 19.8 Å². The van der Waals surface area contributed by atoms with Crippen molar-refractivity contribution in [1.82, 2.24) is 4.90 Å². The number of hydrogen-bond donors (Lipinski definition) is 1. The molecule has 0 saturated carbocycles. The smallest absolute Gasteiger partial charge is 0.326 e. The number of thiocarbonyl (C=S) groups is 1. The van der Waals surface area contributed by atoms with Crippen LogP contribution >= 0.6 is 24.0 Å². The first kappa shape index (κ1) is 22.7. The van der Waals surface area contributed by atoms with Crippen molar-refractivity contribution in [3.05, 3.63) is 56.7 Å². The fraction of sp³-hybridized carbons (Fsp3) is 0.286. The Labute approximate surface area is 188 Å². The average molecular weight is 461 g/mol. The molecule has 31 heavy (non-hydrogen) atoms. The Hall–Kier alpha value is -2.98. The Morgan fingerprint density at radius 2 is 2.13 bits per heavy atom. The number of aryl methyl sites for hydroxylation is 1. The Morgan fingerprint density at radius 3 is 2.77 bits per heavy atom. The number of thioether (sulfide) groups is 1. The van der Waals surface area contributed by atoms with E-state index in [0.29, 0.717) is 29.9 Å².